The molecule has 2 atom stereocenters. The molecule has 104 valence electrons. The van der Waals surface area contributed by atoms with Crippen molar-refractivity contribution in [3.8, 4) is 0 Å². The van der Waals surface area contributed by atoms with Gasteiger partial charge in [0.05, 0.1) is 11.1 Å². The van der Waals surface area contributed by atoms with E-state index in [0.717, 1.165) is 30.3 Å². The highest BCUT2D eigenvalue weighted by atomic mass is 79.9. The van der Waals surface area contributed by atoms with Crippen molar-refractivity contribution in [1.82, 2.24) is 0 Å². The molecule has 1 heterocycles. The minimum atomic E-state index is -0.328. The fraction of sp³-hybridized carbons (Fsp3) is 0.600. The Morgan fingerprint density at radius 1 is 1.42 bits per heavy atom. The van der Waals surface area contributed by atoms with Crippen LogP contribution in [0.4, 0.5) is 4.39 Å². The third-order valence-corrected chi connectivity index (χ3v) is 5.93. The van der Waals surface area contributed by atoms with Crippen molar-refractivity contribution in [3.63, 3.8) is 0 Å². The normalized spacial score (nSPS) is 30.8. The molecule has 3 rings (SSSR count). The Kier molecular flexibility index (Phi) is 3.89. The molecule has 1 saturated heterocycles. The van der Waals surface area contributed by atoms with Gasteiger partial charge in [-0.1, -0.05) is 39.7 Å². The molecule has 0 aromatic heterocycles. The van der Waals surface area contributed by atoms with Crippen LogP contribution in [0, 0.1) is 17.2 Å². The maximum absolute atomic E-state index is 13.6. The highest BCUT2D eigenvalue weighted by Crippen LogP contribution is 2.50. The zero-order valence-corrected chi connectivity index (χ0v) is 13.0. The van der Waals surface area contributed by atoms with E-state index in [1.54, 1.807) is 6.07 Å². The molecule has 0 amide bonds. The van der Waals surface area contributed by atoms with Crippen molar-refractivity contribution >= 4 is 27.5 Å². The number of hydrogen-bond acceptors (Lipinski definition) is 1. The lowest BCUT2D eigenvalue weighted by Gasteiger charge is -2.33. The summed E-state index contributed by atoms with van der Waals surface area (Å²) in [6.45, 7) is 0.805. The van der Waals surface area contributed by atoms with Crippen molar-refractivity contribution in [2.24, 2.45) is 11.3 Å². The van der Waals surface area contributed by atoms with Crippen molar-refractivity contribution in [2.75, 3.05) is 11.9 Å². The lowest BCUT2D eigenvalue weighted by Crippen LogP contribution is -2.36. The molecule has 1 nitrogen and oxygen atoms in total. The minimum absolute atomic E-state index is 0.0681. The topological polar surface area (TPSA) is 9.23 Å². The molecule has 2 aliphatic rings. The zero-order valence-electron chi connectivity index (χ0n) is 10.7. The number of hydrogen-bond donors (Lipinski definition) is 0. The first-order valence-electron chi connectivity index (χ1n) is 6.77. The minimum Gasteiger partial charge on any atom is -0.377 e. The molecule has 19 heavy (non-hydrogen) atoms. The van der Waals surface area contributed by atoms with E-state index in [0.29, 0.717) is 12.0 Å². The Bertz CT molecular complexity index is 477. The summed E-state index contributed by atoms with van der Waals surface area (Å²) in [6, 6.07) is 5.08. The molecule has 0 N–H and O–H groups in total. The summed E-state index contributed by atoms with van der Waals surface area (Å²) in [7, 11) is 0. The number of alkyl halides is 1. The molecule has 1 saturated carbocycles. The van der Waals surface area contributed by atoms with Gasteiger partial charge in [0.1, 0.15) is 5.82 Å². The number of benzene rings is 1. The fourth-order valence-electron chi connectivity index (χ4n) is 3.19. The van der Waals surface area contributed by atoms with Gasteiger partial charge in [-0.3, -0.25) is 0 Å². The summed E-state index contributed by atoms with van der Waals surface area (Å²) in [5.41, 5.74) is 0.968. The Hall–Kier alpha value is -0.120. The van der Waals surface area contributed by atoms with Gasteiger partial charge in [-0.15, -0.1) is 0 Å². The Morgan fingerprint density at radius 3 is 2.89 bits per heavy atom. The summed E-state index contributed by atoms with van der Waals surface area (Å²) < 4.78 is 19.5. The number of rotatable bonds is 4. The van der Waals surface area contributed by atoms with Crippen LogP contribution in [0.1, 0.15) is 24.8 Å². The lowest BCUT2D eigenvalue weighted by molar-refractivity contribution is 0.0413. The van der Waals surface area contributed by atoms with Crippen LogP contribution in [0.15, 0.2) is 18.2 Å². The summed E-state index contributed by atoms with van der Waals surface area (Å²) >= 11 is 9.76. The third-order valence-electron chi connectivity index (χ3n) is 4.39. The van der Waals surface area contributed by atoms with E-state index >= 15 is 0 Å². The van der Waals surface area contributed by atoms with Crippen LogP contribution in [0.3, 0.4) is 0 Å². The quantitative estimate of drug-likeness (QED) is 0.723. The first kappa shape index (κ1) is 13.8. The second-order valence-electron chi connectivity index (χ2n) is 5.76. The second kappa shape index (κ2) is 5.34. The van der Waals surface area contributed by atoms with E-state index in [2.05, 4.69) is 15.9 Å². The average molecular weight is 348 g/mol. The summed E-state index contributed by atoms with van der Waals surface area (Å²) in [4.78, 5) is 0. The standard InChI is InChI=1S/C15H17BrClFO/c16-9-15(6-7-19-14(15)10-4-5-10)8-11-2-1-3-12(18)13(11)17/h1-3,10,14H,4-9H2. The third kappa shape index (κ3) is 2.57. The van der Waals surface area contributed by atoms with E-state index in [4.69, 9.17) is 16.3 Å². The molecule has 2 fully saturated rings. The molecule has 1 aromatic rings. The molecule has 1 aliphatic carbocycles. The lowest BCUT2D eigenvalue weighted by atomic mass is 9.76. The summed E-state index contributed by atoms with van der Waals surface area (Å²) in [6.07, 6.45) is 4.63. The van der Waals surface area contributed by atoms with Gasteiger partial charge in [-0.05, 0) is 43.2 Å². The van der Waals surface area contributed by atoms with Gasteiger partial charge in [-0.2, -0.15) is 0 Å². The van der Waals surface area contributed by atoms with Gasteiger partial charge < -0.3 is 4.74 Å². The molecule has 0 spiro atoms. The largest absolute Gasteiger partial charge is 0.377 e. The van der Waals surface area contributed by atoms with Gasteiger partial charge in [0.25, 0.3) is 0 Å². The smallest absolute Gasteiger partial charge is 0.142 e. The second-order valence-corrected chi connectivity index (χ2v) is 6.70. The van der Waals surface area contributed by atoms with Crippen LogP contribution < -0.4 is 0 Å². The fourth-order valence-corrected chi connectivity index (χ4v) is 4.18. The molecule has 0 bridgehead atoms. The van der Waals surface area contributed by atoms with Gasteiger partial charge in [-0.25, -0.2) is 4.39 Å². The molecular formula is C15H17BrClFO. The summed E-state index contributed by atoms with van der Waals surface area (Å²) in [5.74, 6) is 0.359. The molecule has 4 heteroatoms. The molecular weight excluding hydrogens is 331 g/mol. The highest BCUT2D eigenvalue weighted by Gasteiger charge is 2.50. The SMILES string of the molecule is Fc1cccc(CC2(CBr)CCOC2C2CC2)c1Cl. The van der Waals surface area contributed by atoms with Crippen LogP contribution >= 0.6 is 27.5 Å². The first-order chi connectivity index (χ1) is 9.16. The van der Waals surface area contributed by atoms with Gasteiger partial charge in [0.15, 0.2) is 0 Å². The van der Waals surface area contributed by atoms with E-state index in [-0.39, 0.29) is 16.3 Å². The Balaban J connectivity index is 1.88. The number of ether oxygens (including phenoxy) is 1. The predicted octanol–water partition coefficient (Wildman–Crippen LogP) is 4.60. The molecule has 0 radical (unpaired) electrons. The maximum atomic E-state index is 13.6. The van der Waals surface area contributed by atoms with Crippen LogP contribution in [0.5, 0.6) is 0 Å². The van der Waals surface area contributed by atoms with Crippen molar-refractivity contribution in [3.05, 3.63) is 34.6 Å². The van der Waals surface area contributed by atoms with Crippen LogP contribution in [-0.2, 0) is 11.2 Å². The van der Waals surface area contributed by atoms with Crippen molar-refractivity contribution in [1.29, 1.82) is 0 Å². The van der Waals surface area contributed by atoms with Gasteiger partial charge in [0.2, 0.25) is 0 Å². The highest BCUT2D eigenvalue weighted by molar-refractivity contribution is 9.09. The van der Waals surface area contributed by atoms with Crippen LogP contribution in [-0.4, -0.2) is 18.0 Å². The Labute approximate surface area is 126 Å². The maximum Gasteiger partial charge on any atom is 0.142 e. The monoisotopic (exact) mass is 346 g/mol. The Morgan fingerprint density at radius 2 is 2.21 bits per heavy atom. The van der Waals surface area contributed by atoms with E-state index in [1.165, 1.54) is 18.9 Å². The van der Waals surface area contributed by atoms with Gasteiger partial charge in [0, 0.05) is 17.4 Å². The van der Waals surface area contributed by atoms with Crippen molar-refractivity contribution < 1.29 is 9.13 Å². The first-order valence-corrected chi connectivity index (χ1v) is 8.27. The molecule has 1 aromatic carbocycles. The molecule has 2 unspecified atom stereocenters. The predicted molar refractivity (Wildman–Crippen MR) is 78.4 cm³/mol. The number of halogens is 3. The van der Waals surface area contributed by atoms with E-state index in [1.807, 2.05) is 6.07 Å². The van der Waals surface area contributed by atoms with Crippen LogP contribution in [0.2, 0.25) is 5.02 Å². The van der Waals surface area contributed by atoms with Crippen molar-refractivity contribution in [2.45, 2.75) is 31.8 Å². The molecule has 1 aliphatic heterocycles. The average Bonchev–Trinajstić information content (AvgIpc) is 3.17. The van der Waals surface area contributed by atoms with E-state index < -0.39 is 0 Å². The summed E-state index contributed by atoms with van der Waals surface area (Å²) in [5, 5.41) is 1.15. The van der Waals surface area contributed by atoms with Gasteiger partial charge >= 0.3 is 0 Å². The zero-order chi connectivity index (χ0) is 13.5. The van der Waals surface area contributed by atoms with Crippen LogP contribution in [0.25, 0.3) is 0 Å². The van der Waals surface area contributed by atoms with E-state index in [9.17, 15) is 4.39 Å².